The zero-order valence-electron chi connectivity index (χ0n) is 6.60. The predicted molar refractivity (Wildman–Crippen MR) is 51.3 cm³/mol. The Balaban J connectivity index is 0.00000144. The SMILES string of the molecule is Cl.NNNS(=O)(=O)c1ccccc1. The van der Waals surface area contributed by atoms with Gasteiger partial charge >= 0.3 is 0 Å². The average Bonchev–Trinajstić information content (AvgIpc) is 2.06. The van der Waals surface area contributed by atoms with Gasteiger partial charge in [0, 0.05) is 0 Å². The maximum absolute atomic E-state index is 11.2. The quantitative estimate of drug-likeness (QED) is 0.488. The number of halogens is 1. The van der Waals surface area contributed by atoms with Crippen LogP contribution in [0.4, 0.5) is 0 Å². The predicted octanol–water partition coefficient (Wildman–Crippen LogP) is -0.235. The fourth-order valence-corrected chi connectivity index (χ4v) is 1.52. The lowest BCUT2D eigenvalue weighted by molar-refractivity contribution is 0.562. The molecule has 0 heterocycles. The minimum absolute atomic E-state index is 0. The molecule has 0 radical (unpaired) electrons. The van der Waals surface area contributed by atoms with Crippen molar-refractivity contribution in [3.63, 3.8) is 0 Å². The zero-order valence-corrected chi connectivity index (χ0v) is 8.23. The molecule has 74 valence electrons. The molecule has 0 amide bonds. The molecule has 7 heteroatoms. The highest BCUT2D eigenvalue weighted by molar-refractivity contribution is 7.89. The average molecular weight is 224 g/mol. The lowest BCUT2D eigenvalue weighted by Crippen LogP contribution is -2.41. The first-order valence-electron chi connectivity index (χ1n) is 3.19. The Morgan fingerprint density at radius 1 is 1.15 bits per heavy atom. The van der Waals surface area contributed by atoms with Gasteiger partial charge < -0.3 is 0 Å². The van der Waals surface area contributed by atoms with Gasteiger partial charge in [-0.2, -0.15) is 5.53 Å². The summed E-state index contributed by atoms with van der Waals surface area (Å²) in [5.74, 6) is 4.81. The Morgan fingerprint density at radius 2 is 1.69 bits per heavy atom. The molecule has 0 aromatic heterocycles. The number of nitrogens with one attached hydrogen (secondary N) is 2. The summed E-state index contributed by atoms with van der Waals surface area (Å²) in [7, 11) is -3.50. The number of hydrogen-bond acceptors (Lipinski definition) is 4. The summed E-state index contributed by atoms with van der Waals surface area (Å²) >= 11 is 0. The standard InChI is InChI=1S/C6H9N3O2S.ClH/c7-8-9-12(10,11)6-4-2-1-3-5-6;/h1-5,8-9H,7H2;1H. The summed E-state index contributed by atoms with van der Waals surface area (Å²) in [5.41, 5.74) is 1.87. The largest absolute Gasteiger partial charge is 0.257 e. The van der Waals surface area contributed by atoms with Crippen LogP contribution in [-0.4, -0.2) is 8.42 Å². The van der Waals surface area contributed by atoms with Crippen LogP contribution >= 0.6 is 12.4 Å². The third kappa shape index (κ3) is 3.29. The van der Waals surface area contributed by atoms with Crippen LogP contribution in [0.15, 0.2) is 35.2 Å². The van der Waals surface area contributed by atoms with Crippen LogP contribution in [0.1, 0.15) is 0 Å². The van der Waals surface area contributed by atoms with Crippen molar-refractivity contribution in [2.45, 2.75) is 4.90 Å². The van der Waals surface area contributed by atoms with E-state index in [1.165, 1.54) is 12.1 Å². The van der Waals surface area contributed by atoms with Gasteiger partial charge in [0.25, 0.3) is 10.0 Å². The molecule has 0 saturated heterocycles. The van der Waals surface area contributed by atoms with Crippen molar-refractivity contribution in [3.8, 4) is 0 Å². The van der Waals surface area contributed by atoms with E-state index in [1.54, 1.807) is 18.2 Å². The van der Waals surface area contributed by atoms with Gasteiger partial charge in [-0.05, 0) is 12.1 Å². The molecule has 1 aromatic carbocycles. The maximum atomic E-state index is 11.2. The van der Waals surface area contributed by atoms with Crippen LogP contribution in [0.5, 0.6) is 0 Å². The van der Waals surface area contributed by atoms with Gasteiger partial charge in [0.2, 0.25) is 0 Å². The number of hydrazine groups is 2. The van der Waals surface area contributed by atoms with Crippen LogP contribution in [0, 0.1) is 0 Å². The van der Waals surface area contributed by atoms with E-state index in [0.717, 1.165) is 0 Å². The molecule has 5 nitrogen and oxygen atoms in total. The minimum Gasteiger partial charge on any atom is -0.257 e. The molecule has 0 spiro atoms. The van der Waals surface area contributed by atoms with Crippen molar-refractivity contribution in [1.29, 1.82) is 0 Å². The molecule has 0 aliphatic rings. The molecular weight excluding hydrogens is 214 g/mol. The Bertz CT molecular complexity index is 340. The Morgan fingerprint density at radius 3 is 2.15 bits per heavy atom. The molecule has 0 aliphatic heterocycles. The molecular formula is C6H10ClN3O2S. The second-order valence-electron chi connectivity index (χ2n) is 2.06. The third-order valence-electron chi connectivity index (χ3n) is 1.25. The van der Waals surface area contributed by atoms with Gasteiger partial charge in [-0.1, -0.05) is 18.2 Å². The Labute approximate surface area is 82.7 Å². The molecule has 0 saturated carbocycles. The summed E-state index contributed by atoms with van der Waals surface area (Å²) in [6, 6.07) is 7.93. The second kappa shape index (κ2) is 5.15. The Hall–Kier alpha value is -0.660. The minimum atomic E-state index is -3.50. The topological polar surface area (TPSA) is 84.2 Å². The van der Waals surface area contributed by atoms with Crippen molar-refractivity contribution in [1.82, 2.24) is 10.4 Å². The van der Waals surface area contributed by atoms with Gasteiger partial charge in [0.05, 0.1) is 4.90 Å². The monoisotopic (exact) mass is 223 g/mol. The van der Waals surface area contributed by atoms with E-state index in [9.17, 15) is 8.42 Å². The second-order valence-corrected chi connectivity index (χ2v) is 3.75. The summed E-state index contributed by atoms with van der Waals surface area (Å²) in [4.78, 5) is 2.11. The molecule has 0 unspecified atom stereocenters. The summed E-state index contributed by atoms with van der Waals surface area (Å²) < 4.78 is 22.4. The molecule has 1 rings (SSSR count). The van der Waals surface area contributed by atoms with Gasteiger partial charge in [0.1, 0.15) is 0 Å². The molecule has 0 fully saturated rings. The van der Waals surface area contributed by atoms with Crippen molar-refractivity contribution >= 4 is 22.4 Å². The van der Waals surface area contributed by atoms with Crippen LogP contribution in [0.25, 0.3) is 0 Å². The molecule has 4 N–H and O–H groups in total. The maximum Gasteiger partial charge on any atom is 0.254 e. The molecule has 0 bridgehead atoms. The summed E-state index contributed by atoms with van der Waals surface area (Å²) in [6.45, 7) is 0. The highest BCUT2D eigenvalue weighted by Gasteiger charge is 2.10. The number of nitrogens with two attached hydrogens (primary N) is 1. The van der Waals surface area contributed by atoms with E-state index >= 15 is 0 Å². The molecule has 0 atom stereocenters. The van der Waals surface area contributed by atoms with E-state index in [4.69, 9.17) is 5.84 Å². The van der Waals surface area contributed by atoms with Crippen LogP contribution in [0.2, 0.25) is 0 Å². The number of sulfonamides is 1. The van der Waals surface area contributed by atoms with Gasteiger partial charge in [-0.3, -0.25) is 5.84 Å². The number of benzene rings is 1. The highest BCUT2D eigenvalue weighted by atomic mass is 35.5. The fourth-order valence-electron chi connectivity index (χ4n) is 0.736. The third-order valence-corrected chi connectivity index (χ3v) is 2.53. The normalized spacial score (nSPS) is 10.5. The van der Waals surface area contributed by atoms with Gasteiger partial charge in [-0.25, -0.2) is 8.42 Å². The van der Waals surface area contributed by atoms with Crippen LogP contribution in [0.3, 0.4) is 0 Å². The van der Waals surface area contributed by atoms with Gasteiger partial charge in [0.15, 0.2) is 0 Å². The summed E-state index contributed by atoms with van der Waals surface area (Å²) in [5, 5.41) is 0. The van der Waals surface area contributed by atoms with Crippen molar-refractivity contribution < 1.29 is 8.42 Å². The smallest absolute Gasteiger partial charge is 0.254 e. The lowest BCUT2D eigenvalue weighted by atomic mass is 10.4. The highest BCUT2D eigenvalue weighted by Crippen LogP contribution is 2.05. The van der Waals surface area contributed by atoms with E-state index in [1.807, 2.05) is 10.4 Å². The first kappa shape index (κ1) is 12.3. The summed E-state index contributed by atoms with van der Waals surface area (Å²) in [6.07, 6.45) is 0. The van der Waals surface area contributed by atoms with Crippen LogP contribution < -0.4 is 16.2 Å². The molecule has 0 aliphatic carbocycles. The van der Waals surface area contributed by atoms with E-state index in [0.29, 0.717) is 0 Å². The van der Waals surface area contributed by atoms with Crippen LogP contribution in [-0.2, 0) is 10.0 Å². The number of hydrogen-bond donors (Lipinski definition) is 3. The van der Waals surface area contributed by atoms with Crippen molar-refractivity contribution in [3.05, 3.63) is 30.3 Å². The van der Waals surface area contributed by atoms with Crippen molar-refractivity contribution in [2.75, 3.05) is 0 Å². The first-order valence-corrected chi connectivity index (χ1v) is 4.67. The first-order chi connectivity index (χ1) is 5.67. The number of rotatable bonds is 3. The van der Waals surface area contributed by atoms with E-state index in [2.05, 4.69) is 0 Å². The van der Waals surface area contributed by atoms with Gasteiger partial charge in [-0.15, -0.1) is 17.2 Å². The molecule has 13 heavy (non-hydrogen) atoms. The lowest BCUT2D eigenvalue weighted by Gasteiger charge is -2.03. The Kier molecular flexibility index (Phi) is 4.89. The van der Waals surface area contributed by atoms with Crippen molar-refractivity contribution in [2.24, 2.45) is 5.84 Å². The fraction of sp³-hybridized carbons (Fsp3) is 0. The molecule has 1 aromatic rings. The zero-order chi connectivity index (χ0) is 9.03. The van der Waals surface area contributed by atoms with E-state index in [-0.39, 0.29) is 17.3 Å². The van der Waals surface area contributed by atoms with E-state index < -0.39 is 10.0 Å².